The van der Waals surface area contributed by atoms with Gasteiger partial charge in [0, 0.05) is 0 Å². The number of hydrogen-bond donors (Lipinski definition) is 2. The number of carboxylic acids is 1. The molecule has 1 aliphatic heterocycles. The third-order valence-corrected chi connectivity index (χ3v) is 14.7. The molecule has 0 aromatic heterocycles. The first-order chi connectivity index (χ1) is 18.7. The number of aliphatic hydroxyl groups excluding tert-OH is 1. The summed E-state index contributed by atoms with van der Waals surface area (Å²) in [6.45, 7) is 14.8. The van der Waals surface area contributed by atoms with Gasteiger partial charge < -0.3 is 24.4 Å². The van der Waals surface area contributed by atoms with Crippen LogP contribution < -0.4 is 0 Å². The van der Waals surface area contributed by atoms with Crippen molar-refractivity contribution in [3.63, 3.8) is 0 Å². The fraction of sp³-hybridized carbons (Fsp3) is 0.939. The SMILES string of the molecule is CCOC(=O)OCC1([C@@H]2CC[C@]3(C(=O)O)CC[C@]4(C)C(CCC5[C@@]6(C)CC[C@@H](O)C(C)(C)C6CC[C@]54C)C23)CO1. The lowest BCUT2D eigenvalue weighted by Crippen LogP contribution is -2.67. The minimum atomic E-state index is -0.723. The Morgan fingerprint density at radius 3 is 2.20 bits per heavy atom. The highest BCUT2D eigenvalue weighted by atomic mass is 16.7. The summed E-state index contributed by atoms with van der Waals surface area (Å²) in [7, 11) is 0. The van der Waals surface area contributed by atoms with E-state index < -0.39 is 23.1 Å². The number of epoxide rings is 1. The highest BCUT2D eigenvalue weighted by molar-refractivity contribution is 5.76. The minimum Gasteiger partial charge on any atom is -0.481 e. The Bertz CT molecular complexity index is 1050. The largest absolute Gasteiger partial charge is 0.508 e. The molecule has 1 saturated heterocycles. The molecule has 5 unspecified atom stereocenters. The van der Waals surface area contributed by atoms with Crippen LogP contribution in [0.5, 0.6) is 0 Å². The first-order valence-corrected chi connectivity index (χ1v) is 16.1. The average molecular weight is 561 g/mol. The van der Waals surface area contributed by atoms with Gasteiger partial charge in [0.15, 0.2) is 0 Å². The summed E-state index contributed by atoms with van der Waals surface area (Å²) in [5, 5.41) is 21.8. The Balaban J connectivity index is 1.34. The van der Waals surface area contributed by atoms with Gasteiger partial charge in [-0.3, -0.25) is 4.79 Å². The molecule has 6 fully saturated rings. The van der Waals surface area contributed by atoms with Crippen molar-refractivity contribution in [3.8, 4) is 0 Å². The molecule has 7 heteroatoms. The highest BCUT2D eigenvalue weighted by Crippen LogP contribution is 2.78. The van der Waals surface area contributed by atoms with E-state index in [1.807, 2.05) is 0 Å². The van der Waals surface area contributed by atoms with Crippen LogP contribution >= 0.6 is 0 Å². The fourth-order valence-corrected chi connectivity index (χ4v) is 12.4. The Morgan fingerprint density at radius 1 is 0.825 bits per heavy atom. The van der Waals surface area contributed by atoms with Crippen molar-refractivity contribution in [1.82, 2.24) is 0 Å². The molecule has 0 aromatic carbocycles. The van der Waals surface area contributed by atoms with Crippen LogP contribution in [0.4, 0.5) is 4.79 Å². The van der Waals surface area contributed by atoms with E-state index in [-0.39, 0.29) is 52.8 Å². The Morgan fingerprint density at radius 2 is 1.55 bits per heavy atom. The van der Waals surface area contributed by atoms with Crippen molar-refractivity contribution >= 4 is 12.1 Å². The summed E-state index contributed by atoms with van der Waals surface area (Å²) in [5.74, 6) is 0.823. The van der Waals surface area contributed by atoms with Gasteiger partial charge in [0.05, 0.1) is 24.7 Å². The number of aliphatic carboxylic acids is 1. The average Bonchev–Trinajstić information content (AvgIpc) is 3.57. The fourth-order valence-electron chi connectivity index (χ4n) is 12.4. The van der Waals surface area contributed by atoms with Crippen molar-refractivity contribution in [2.24, 2.45) is 56.7 Å². The van der Waals surface area contributed by atoms with Crippen LogP contribution in [0.3, 0.4) is 0 Å². The maximum Gasteiger partial charge on any atom is 0.508 e. The second kappa shape index (κ2) is 9.08. The van der Waals surface area contributed by atoms with Crippen molar-refractivity contribution in [2.75, 3.05) is 19.8 Å². The zero-order valence-corrected chi connectivity index (χ0v) is 25.6. The van der Waals surface area contributed by atoms with Gasteiger partial charge in [0.1, 0.15) is 12.2 Å². The summed E-state index contributed by atoms with van der Waals surface area (Å²) >= 11 is 0. The van der Waals surface area contributed by atoms with Crippen LogP contribution in [0.1, 0.15) is 106 Å². The maximum absolute atomic E-state index is 13.1. The molecule has 226 valence electrons. The van der Waals surface area contributed by atoms with Crippen molar-refractivity contribution in [2.45, 2.75) is 117 Å². The number of aliphatic hydroxyl groups is 1. The summed E-state index contributed by atoms with van der Waals surface area (Å²) in [5.41, 5.74) is -1.04. The van der Waals surface area contributed by atoms with E-state index in [9.17, 15) is 19.8 Å². The van der Waals surface area contributed by atoms with E-state index in [1.54, 1.807) is 6.92 Å². The second-order valence-electron chi connectivity index (χ2n) is 16.0. The molecule has 7 nitrogen and oxygen atoms in total. The lowest BCUT2D eigenvalue weighted by Gasteiger charge is -2.72. The van der Waals surface area contributed by atoms with E-state index in [2.05, 4.69) is 34.6 Å². The molecular formula is C33H52O7. The van der Waals surface area contributed by atoms with Crippen molar-refractivity contribution in [3.05, 3.63) is 0 Å². The molecule has 0 aromatic rings. The van der Waals surface area contributed by atoms with E-state index >= 15 is 0 Å². The van der Waals surface area contributed by atoms with Crippen LogP contribution in [-0.4, -0.2) is 53.9 Å². The molecule has 0 bridgehead atoms. The number of carbonyl (C=O) groups excluding carboxylic acids is 1. The van der Waals surface area contributed by atoms with Gasteiger partial charge in [-0.05, 0) is 122 Å². The molecular weight excluding hydrogens is 508 g/mol. The van der Waals surface area contributed by atoms with Crippen LogP contribution in [0, 0.1) is 56.7 Å². The van der Waals surface area contributed by atoms with Gasteiger partial charge in [-0.15, -0.1) is 0 Å². The number of rotatable bonds is 5. The van der Waals surface area contributed by atoms with Gasteiger partial charge in [0.2, 0.25) is 0 Å². The summed E-state index contributed by atoms with van der Waals surface area (Å²) in [4.78, 5) is 25.2. The van der Waals surface area contributed by atoms with Crippen molar-refractivity contribution < 1.29 is 34.0 Å². The maximum atomic E-state index is 13.1. The molecule has 2 N–H and O–H groups in total. The van der Waals surface area contributed by atoms with E-state index in [1.165, 1.54) is 0 Å². The highest BCUT2D eigenvalue weighted by Gasteiger charge is 2.74. The molecule has 0 amide bonds. The smallest absolute Gasteiger partial charge is 0.481 e. The number of fused-ring (bicyclic) bond motifs is 7. The lowest BCUT2D eigenvalue weighted by atomic mass is 9.32. The Kier molecular flexibility index (Phi) is 6.53. The summed E-state index contributed by atoms with van der Waals surface area (Å²) < 4.78 is 16.6. The van der Waals surface area contributed by atoms with Gasteiger partial charge in [-0.25, -0.2) is 4.79 Å². The zero-order valence-electron chi connectivity index (χ0n) is 25.6. The number of carbonyl (C=O) groups is 2. The standard InChI is InChI=1S/C33H52O7/c1-7-38-27(37)39-18-33(19-40-33)21-10-15-32(26(35)36)17-16-30(5)20(25(21)32)8-9-23-29(4)13-12-24(34)28(2,3)22(29)11-14-31(23,30)6/h20-25,34H,7-19H2,1-6H3,(H,35,36)/t20?,21-,22?,23?,24-,25?,29+,30-,31-,32+,33?/m1/s1. The van der Waals surface area contributed by atoms with Crippen LogP contribution in [0.2, 0.25) is 0 Å². The molecule has 5 aliphatic carbocycles. The molecule has 11 atom stereocenters. The number of carboxylic acid groups (broad SMARTS) is 1. The van der Waals surface area contributed by atoms with E-state index in [4.69, 9.17) is 14.2 Å². The lowest BCUT2D eigenvalue weighted by molar-refractivity contribution is -0.250. The first-order valence-electron chi connectivity index (χ1n) is 16.1. The molecule has 6 aliphatic rings. The Labute approximate surface area is 240 Å². The van der Waals surface area contributed by atoms with Crippen molar-refractivity contribution in [1.29, 1.82) is 0 Å². The van der Waals surface area contributed by atoms with Gasteiger partial charge in [-0.2, -0.15) is 0 Å². The monoisotopic (exact) mass is 560 g/mol. The zero-order chi connectivity index (χ0) is 28.9. The molecule has 5 saturated carbocycles. The van der Waals surface area contributed by atoms with E-state index in [0.717, 1.165) is 57.8 Å². The number of ether oxygens (including phenoxy) is 3. The quantitative estimate of drug-likeness (QED) is 0.294. The predicted molar refractivity (Wildman–Crippen MR) is 149 cm³/mol. The first kappa shape index (κ1) is 28.8. The third-order valence-electron chi connectivity index (χ3n) is 14.7. The normalized spacial score (nSPS) is 52.4. The van der Waals surface area contributed by atoms with Gasteiger partial charge in [0.25, 0.3) is 0 Å². The van der Waals surface area contributed by atoms with Gasteiger partial charge in [-0.1, -0.05) is 34.6 Å². The summed E-state index contributed by atoms with van der Waals surface area (Å²) in [6.07, 6.45) is 8.66. The van der Waals surface area contributed by atoms with Crippen LogP contribution in [-0.2, 0) is 19.0 Å². The Hall–Kier alpha value is -1.34. The van der Waals surface area contributed by atoms with Gasteiger partial charge >= 0.3 is 12.1 Å². The molecule has 1 heterocycles. The van der Waals surface area contributed by atoms with Crippen LogP contribution in [0.15, 0.2) is 0 Å². The third kappa shape index (κ3) is 3.61. The van der Waals surface area contributed by atoms with Crippen LogP contribution in [0.25, 0.3) is 0 Å². The predicted octanol–water partition coefficient (Wildman–Crippen LogP) is 6.46. The molecule has 40 heavy (non-hydrogen) atoms. The molecule has 6 rings (SSSR count). The molecule has 0 spiro atoms. The van der Waals surface area contributed by atoms with E-state index in [0.29, 0.717) is 30.8 Å². The molecule has 0 radical (unpaired) electrons. The summed E-state index contributed by atoms with van der Waals surface area (Å²) in [6, 6.07) is 0. The topological polar surface area (TPSA) is 106 Å². The number of hydrogen-bond acceptors (Lipinski definition) is 6. The second-order valence-corrected chi connectivity index (χ2v) is 16.0. The minimum absolute atomic E-state index is 0.0185.